The standard InChI is InChI=1S/C21H17N3O2/c1-13-10-15(25)7-8-18(13)24-21(26)9-6-14-11-17-16-4-2-3-5-19(16)23-20(17)12-22-14/h2-12,23,25H,1H3,(H,24,26)/b9-6+. The average Bonchev–Trinajstić information content (AvgIpc) is 3.00. The molecule has 5 heteroatoms. The molecule has 2 aromatic heterocycles. The molecule has 0 spiro atoms. The number of phenolic OH excluding ortho intramolecular Hbond substituents is 1. The lowest BCUT2D eigenvalue weighted by Gasteiger charge is -2.06. The van der Waals surface area contributed by atoms with Crippen molar-refractivity contribution >= 4 is 39.5 Å². The summed E-state index contributed by atoms with van der Waals surface area (Å²) in [5, 5.41) is 14.4. The molecular formula is C21H17N3O2. The second-order valence-electron chi connectivity index (χ2n) is 6.15. The highest BCUT2D eigenvalue weighted by Crippen LogP contribution is 2.25. The van der Waals surface area contributed by atoms with Crippen LogP contribution in [-0.4, -0.2) is 21.0 Å². The highest BCUT2D eigenvalue weighted by Gasteiger charge is 2.05. The van der Waals surface area contributed by atoms with E-state index in [0.717, 1.165) is 27.4 Å². The molecule has 0 aliphatic carbocycles. The number of benzene rings is 2. The SMILES string of the molecule is Cc1cc(O)ccc1NC(=O)/C=C/c1cc2c(cn1)[nH]c1ccccc12. The van der Waals surface area contributed by atoms with Crippen LogP contribution >= 0.6 is 0 Å². The average molecular weight is 343 g/mol. The molecule has 26 heavy (non-hydrogen) atoms. The van der Waals surface area contributed by atoms with E-state index in [1.165, 1.54) is 6.08 Å². The Morgan fingerprint density at radius 1 is 1.12 bits per heavy atom. The first kappa shape index (κ1) is 15.9. The number of aromatic nitrogens is 2. The Morgan fingerprint density at radius 3 is 2.81 bits per heavy atom. The number of nitrogens with zero attached hydrogens (tertiary/aromatic N) is 1. The van der Waals surface area contributed by atoms with Gasteiger partial charge in [-0.3, -0.25) is 9.78 Å². The Kier molecular flexibility index (Phi) is 3.89. The molecule has 0 aliphatic rings. The Labute approximate surface area is 150 Å². The van der Waals surface area contributed by atoms with E-state index in [4.69, 9.17) is 0 Å². The topological polar surface area (TPSA) is 78.0 Å². The normalized spacial score (nSPS) is 11.4. The lowest BCUT2D eigenvalue weighted by atomic mass is 10.1. The number of rotatable bonds is 3. The fraction of sp³-hybridized carbons (Fsp3) is 0.0476. The first-order chi connectivity index (χ1) is 12.6. The van der Waals surface area contributed by atoms with Crippen molar-refractivity contribution in [3.8, 4) is 5.75 Å². The van der Waals surface area contributed by atoms with Crippen LogP contribution in [0.5, 0.6) is 5.75 Å². The largest absolute Gasteiger partial charge is 0.508 e. The molecule has 4 rings (SSSR count). The van der Waals surface area contributed by atoms with E-state index in [1.54, 1.807) is 30.5 Å². The quantitative estimate of drug-likeness (QED) is 0.381. The number of H-pyrrole nitrogens is 1. The maximum absolute atomic E-state index is 12.2. The fourth-order valence-electron chi connectivity index (χ4n) is 2.98. The molecule has 0 atom stereocenters. The van der Waals surface area contributed by atoms with Crippen molar-refractivity contribution in [2.24, 2.45) is 0 Å². The number of carbonyl (C=O) groups is 1. The fourth-order valence-corrected chi connectivity index (χ4v) is 2.98. The van der Waals surface area contributed by atoms with Gasteiger partial charge in [-0.05, 0) is 48.9 Å². The Hall–Kier alpha value is -3.60. The van der Waals surface area contributed by atoms with Gasteiger partial charge >= 0.3 is 0 Å². The van der Waals surface area contributed by atoms with Crippen molar-refractivity contribution in [2.45, 2.75) is 6.92 Å². The Balaban J connectivity index is 1.57. The smallest absolute Gasteiger partial charge is 0.248 e. The summed E-state index contributed by atoms with van der Waals surface area (Å²) in [6.45, 7) is 1.82. The van der Waals surface area contributed by atoms with Crippen LogP contribution < -0.4 is 5.32 Å². The molecule has 5 nitrogen and oxygen atoms in total. The number of aryl methyl sites for hydroxylation is 1. The minimum absolute atomic E-state index is 0.173. The van der Waals surface area contributed by atoms with Gasteiger partial charge in [0.2, 0.25) is 5.91 Å². The van der Waals surface area contributed by atoms with Crippen LogP contribution in [0, 0.1) is 6.92 Å². The third kappa shape index (κ3) is 3.02. The maximum Gasteiger partial charge on any atom is 0.248 e. The molecule has 0 saturated heterocycles. The summed E-state index contributed by atoms with van der Waals surface area (Å²) in [4.78, 5) is 19.9. The molecule has 0 fully saturated rings. The number of nitrogens with one attached hydrogen (secondary N) is 2. The number of aromatic amines is 1. The number of carbonyl (C=O) groups excluding carboxylic acids is 1. The number of hydrogen-bond donors (Lipinski definition) is 3. The summed E-state index contributed by atoms with van der Waals surface area (Å²) in [6, 6.07) is 14.8. The molecule has 0 bridgehead atoms. The Bertz CT molecular complexity index is 1160. The molecule has 2 heterocycles. The van der Waals surface area contributed by atoms with Gasteiger partial charge in [-0.1, -0.05) is 18.2 Å². The second-order valence-corrected chi connectivity index (χ2v) is 6.15. The molecule has 0 unspecified atom stereocenters. The maximum atomic E-state index is 12.2. The zero-order valence-electron chi connectivity index (χ0n) is 14.2. The summed E-state index contributed by atoms with van der Waals surface area (Å²) >= 11 is 0. The van der Waals surface area contributed by atoms with Gasteiger partial charge in [0.05, 0.1) is 17.4 Å². The number of para-hydroxylation sites is 1. The lowest BCUT2D eigenvalue weighted by molar-refractivity contribution is -0.111. The first-order valence-corrected chi connectivity index (χ1v) is 8.25. The molecule has 0 saturated carbocycles. The third-order valence-electron chi connectivity index (χ3n) is 4.29. The van der Waals surface area contributed by atoms with Crippen LogP contribution in [0.15, 0.2) is 60.8 Å². The van der Waals surface area contributed by atoms with E-state index in [-0.39, 0.29) is 11.7 Å². The van der Waals surface area contributed by atoms with Gasteiger partial charge in [0, 0.05) is 28.1 Å². The van der Waals surface area contributed by atoms with Crippen molar-refractivity contribution in [1.29, 1.82) is 0 Å². The van der Waals surface area contributed by atoms with Crippen molar-refractivity contribution in [1.82, 2.24) is 9.97 Å². The first-order valence-electron chi connectivity index (χ1n) is 8.25. The highest BCUT2D eigenvalue weighted by atomic mass is 16.3. The van der Waals surface area contributed by atoms with Crippen LogP contribution in [0.2, 0.25) is 0 Å². The van der Waals surface area contributed by atoms with Gasteiger partial charge < -0.3 is 15.4 Å². The number of amides is 1. The van der Waals surface area contributed by atoms with Crippen molar-refractivity contribution in [3.05, 3.63) is 72.1 Å². The molecule has 0 radical (unpaired) electrons. The molecule has 1 amide bonds. The van der Waals surface area contributed by atoms with Gasteiger partial charge in [-0.2, -0.15) is 0 Å². The van der Waals surface area contributed by atoms with E-state index in [1.807, 2.05) is 31.2 Å². The second kappa shape index (κ2) is 6.37. The van der Waals surface area contributed by atoms with Crippen LogP contribution in [0.25, 0.3) is 27.9 Å². The van der Waals surface area contributed by atoms with Crippen LogP contribution in [0.1, 0.15) is 11.3 Å². The minimum atomic E-state index is -0.250. The molecule has 0 aliphatic heterocycles. The molecule has 3 N–H and O–H groups in total. The number of phenols is 1. The van der Waals surface area contributed by atoms with Crippen LogP contribution in [0.4, 0.5) is 5.69 Å². The van der Waals surface area contributed by atoms with Crippen molar-refractivity contribution in [3.63, 3.8) is 0 Å². The lowest BCUT2D eigenvalue weighted by Crippen LogP contribution is -2.08. The number of hydrogen-bond acceptors (Lipinski definition) is 3. The predicted molar refractivity (Wildman–Crippen MR) is 104 cm³/mol. The number of fused-ring (bicyclic) bond motifs is 3. The van der Waals surface area contributed by atoms with E-state index in [2.05, 4.69) is 21.4 Å². The summed E-state index contributed by atoms with van der Waals surface area (Å²) in [5.74, 6) is -0.0770. The van der Waals surface area contributed by atoms with Crippen molar-refractivity contribution in [2.75, 3.05) is 5.32 Å². The predicted octanol–water partition coefficient (Wildman–Crippen LogP) is 4.38. The van der Waals surface area contributed by atoms with E-state index in [0.29, 0.717) is 11.4 Å². The summed E-state index contributed by atoms with van der Waals surface area (Å²) < 4.78 is 0. The van der Waals surface area contributed by atoms with Gasteiger partial charge in [-0.25, -0.2) is 0 Å². The zero-order chi connectivity index (χ0) is 18.1. The van der Waals surface area contributed by atoms with Crippen LogP contribution in [-0.2, 0) is 4.79 Å². The minimum Gasteiger partial charge on any atom is -0.508 e. The number of pyridine rings is 1. The number of aromatic hydroxyl groups is 1. The van der Waals surface area contributed by atoms with Gasteiger partial charge in [0.25, 0.3) is 0 Å². The monoisotopic (exact) mass is 343 g/mol. The van der Waals surface area contributed by atoms with E-state index in [9.17, 15) is 9.90 Å². The molecule has 128 valence electrons. The number of anilines is 1. The third-order valence-corrected chi connectivity index (χ3v) is 4.29. The van der Waals surface area contributed by atoms with Gasteiger partial charge in [-0.15, -0.1) is 0 Å². The highest BCUT2D eigenvalue weighted by molar-refractivity contribution is 6.07. The molecule has 2 aromatic carbocycles. The Morgan fingerprint density at radius 2 is 1.96 bits per heavy atom. The summed E-state index contributed by atoms with van der Waals surface area (Å²) in [5.41, 5.74) is 4.20. The van der Waals surface area contributed by atoms with E-state index < -0.39 is 0 Å². The molecule has 4 aromatic rings. The summed E-state index contributed by atoms with van der Waals surface area (Å²) in [6.07, 6.45) is 4.92. The van der Waals surface area contributed by atoms with E-state index >= 15 is 0 Å². The van der Waals surface area contributed by atoms with Gasteiger partial charge in [0.15, 0.2) is 0 Å². The molecular weight excluding hydrogens is 326 g/mol. The zero-order valence-corrected chi connectivity index (χ0v) is 14.2. The van der Waals surface area contributed by atoms with Gasteiger partial charge in [0.1, 0.15) is 5.75 Å². The summed E-state index contributed by atoms with van der Waals surface area (Å²) in [7, 11) is 0. The van der Waals surface area contributed by atoms with Crippen LogP contribution in [0.3, 0.4) is 0 Å². The van der Waals surface area contributed by atoms with Crippen molar-refractivity contribution < 1.29 is 9.90 Å².